The molecule has 1 aliphatic rings. The molecular formula is C15H20O3. The molecule has 0 N–H and O–H groups in total. The first kappa shape index (κ1) is 13.1. The predicted molar refractivity (Wildman–Crippen MR) is 70.2 cm³/mol. The minimum absolute atomic E-state index is 0.183. The number of aryl methyl sites for hydroxylation is 1. The molecule has 0 atom stereocenters. The number of hydrogen-bond donors (Lipinski definition) is 0. The lowest BCUT2D eigenvalue weighted by Crippen LogP contribution is -2.19. The maximum atomic E-state index is 12.3. The topological polar surface area (TPSA) is 35.5 Å². The van der Waals surface area contributed by atoms with Gasteiger partial charge in [0.15, 0.2) is 5.78 Å². The summed E-state index contributed by atoms with van der Waals surface area (Å²) in [6.07, 6.45) is 2.57. The van der Waals surface area contributed by atoms with Gasteiger partial charge in [0.25, 0.3) is 0 Å². The molecule has 1 saturated heterocycles. The van der Waals surface area contributed by atoms with E-state index in [1.165, 1.54) is 0 Å². The summed E-state index contributed by atoms with van der Waals surface area (Å²) in [6.45, 7) is 3.55. The monoisotopic (exact) mass is 248 g/mol. The van der Waals surface area contributed by atoms with E-state index in [0.717, 1.165) is 31.6 Å². The zero-order chi connectivity index (χ0) is 13.0. The van der Waals surface area contributed by atoms with Crippen LogP contribution in [0, 0.1) is 12.8 Å². The highest BCUT2D eigenvalue weighted by atomic mass is 16.5. The quantitative estimate of drug-likeness (QED) is 0.768. The Morgan fingerprint density at radius 3 is 2.78 bits per heavy atom. The molecule has 2 rings (SSSR count). The summed E-state index contributed by atoms with van der Waals surface area (Å²) in [6, 6.07) is 5.75. The van der Waals surface area contributed by atoms with Crippen LogP contribution in [0.25, 0.3) is 0 Å². The summed E-state index contributed by atoms with van der Waals surface area (Å²) in [5.41, 5.74) is 1.80. The van der Waals surface area contributed by atoms with Crippen molar-refractivity contribution in [2.45, 2.75) is 26.2 Å². The minimum Gasteiger partial charge on any atom is -0.496 e. The standard InChI is InChI=1S/C15H20O3/c1-11-3-4-15(17-2)13(9-11)14(16)10-12-5-7-18-8-6-12/h3-4,9,12H,5-8,10H2,1-2H3. The summed E-state index contributed by atoms with van der Waals surface area (Å²) in [5, 5.41) is 0. The first-order chi connectivity index (χ1) is 8.70. The summed E-state index contributed by atoms with van der Waals surface area (Å²) < 4.78 is 10.6. The number of ketones is 1. The molecule has 0 unspecified atom stereocenters. The number of methoxy groups -OCH3 is 1. The second-order valence-corrected chi connectivity index (χ2v) is 4.89. The number of benzene rings is 1. The maximum absolute atomic E-state index is 12.3. The van der Waals surface area contributed by atoms with Gasteiger partial charge in [-0.2, -0.15) is 0 Å². The van der Waals surface area contributed by atoms with E-state index in [-0.39, 0.29) is 5.78 Å². The highest BCUT2D eigenvalue weighted by molar-refractivity contribution is 5.99. The van der Waals surface area contributed by atoms with Gasteiger partial charge in [-0.15, -0.1) is 0 Å². The van der Waals surface area contributed by atoms with Crippen molar-refractivity contribution < 1.29 is 14.3 Å². The fourth-order valence-corrected chi connectivity index (χ4v) is 2.36. The Morgan fingerprint density at radius 1 is 1.39 bits per heavy atom. The number of rotatable bonds is 4. The van der Waals surface area contributed by atoms with E-state index in [2.05, 4.69) is 0 Å². The lowest BCUT2D eigenvalue weighted by atomic mass is 9.91. The average molecular weight is 248 g/mol. The van der Waals surface area contributed by atoms with Crippen LogP contribution in [-0.2, 0) is 4.74 Å². The number of carbonyl (C=O) groups is 1. The molecule has 0 saturated carbocycles. The van der Waals surface area contributed by atoms with Gasteiger partial charge >= 0.3 is 0 Å². The molecular weight excluding hydrogens is 228 g/mol. The van der Waals surface area contributed by atoms with E-state index in [9.17, 15) is 4.79 Å². The Morgan fingerprint density at radius 2 is 2.11 bits per heavy atom. The number of hydrogen-bond acceptors (Lipinski definition) is 3. The number of ether oxygens (including phenoxy) is 2. The van der Waals surface area contributed by atoms with Crippen molar-refractivity contribution in [1.82, 2.24) is 0 Å². The molecule has 3 heteroatoms. The van der Waals surface area contributed by atoms with Crippen LogP contribution < -0.4 is 4.74 Å². The third-order valence-corrected chi connectivity index (χ3v) is 3.47. The predicted octanol–water partition coefficient (Wildman–Crippen LogP) is 3.00. The minimum atomic E-state index is 0.183. The van der Waals surface area contributed by atoms with Crippen LogP contribution in [0.4, 0.5) is 0 Å². The molecule has 1 aliphatic heterocycles. The van der Waals surface area contributed by atoms with Gasteiger partial charge in [-0.1, -0.05) is 11.6 Å². The zero-order valence-electron chi connectivity index (χ0n) is 11.1. The number of Topliss-reactive ketones (excluding diaryl/α,β-unsaturated/α-hetero) is 1. The normalized spacial score (nSPS) is 16.6. The van der Waals surface area contributed by atoms with Crippen LogP contribution in [0.5, 0.6) is 5.75 Å². The summed E-state index contributed by atoms with van der Waals surface area (Å²) in [7, 11) is 1.61. The van der Waals surface area contributed by atoms with Gasteiger partial charge in [0.2, 0.25) is 0 Å². The molecule has 0 bridgehead atoms. The molecule has 1 heterocycles. The van der Waals surface area contributed by atoms with Crippen molar-refractivity contribution in [3.8, 4) is 5.75 Å². The Bertz CT molecular complexity index is 420. The Kier molecular flexibility index (Phi) is 4.37. The fraction of sp³-hybridized carbons (Fsp3) is 0.533. The molecule has 1 fully saturated rings. The van der Waals surface area contributed by atoms with Gasteiger partial charge in [0, 0.05) is 19.6 Å². The van der Waals surface area contributed by atoms with E-state index in [1.54, 1.807) is 7.11 Å². The third-order valence-electron chi connectivity index (χ3n) is 3.47. The summed E-state index contributed by atoms with van der Waals surface area (Å²) in [4.78, 5) is 12.3. The molecule has 0 amide bonds. The fourth-order valence-electron chi connectivity index (χ4n) is 2.36. The van der Waals surface area contributed by atoms with Crippen molar-refractivity contribution in [3.63, 3.8) is 0 Å². The van der Waals surface area contributed by atoms with Gasteiger partial charge in [-0.3, -0.25) is 4.79 Å². The third kappa shape index (κ3) is 3.10. The molecule has 0 spiro atoms. The average Bonchev–Trinajstić information content (AvgIpc) is 2.40. The van der Waals surface area contributed by atoms with Crippen LogP contribution in [0.2, 0.25) is 0 Å². The first-order valence-electron chi connectivity index (χ1n) is 6.46. The maximum Gasteiger partial charge on any atom is 0.166 e. The molecule has 0 aliphatic carbocycles. The number of carbonyl (C=O) groups excluding carboxylic acids is 1. The van der Waals surface area contributed by atoms with Crippen molar-refractivity contribution in [2.75, 3.05) is 20.3 Å². The van der Waals surface area contributed by atoms with Crippen molar-refractivity contribution in [3.05, 3.63) is 29.3 Å². The summed E-state index contributed by atoms with van der Waals surface area (Å²) in [5.74, 6) is 1.32. The molecule has 0 aromatic heterocycles. The van der Waals surface area contributed by atoms with Gasteiger partial charge in [-0.05, 0) is 37.8 Å². The SMILES string of the molecule is COc1ccc(C)cc1C(=O)CC1CCOCC1. The van der Waals surface area contributed by atoms with Gasteiger partial charge in [0.05, 0.1) is 12.7 Å². The highest BCUT2D eigenvalue weighted by Gasteiger charge is 2.20. The lowest BCUT2D eigenvalue weighted by molar-refractivity contribution is 0.0600. The van der Waals surface area contributed by atoms with Crippen LogP contribution in [0.3, 0.4) is 0 Å². The van der Waals surface area contributed by atoms with Crippen LogP contribution in [0.1, 0.15) is 35.2 Å². The molecule has 3 nitrogen and oxygen atoms in total. The smallest absolute Gasteiger partial charge is 0.166 e. The lowest BCUT2D eigenvalue weighted by Gasteiger charge is -2.21. The second kappa shape index (κ2) is 6.01. The van der Waals surface area contributed by atoms with Crippen LogP contribution >= 0.6 is 0 Å². The van der Waals surface area contributed by atoms with E-state index in [4.69, 9.17) is 9.47 Å². The molecule has 1 aromatic carbocycles. The van der Waals surface area contributed by atoms with Crippen LogP contribution in [0.15, 0.2) is 18.2 Å². The van der Waals surface area contributed by atoms with E-state index >= 15 is 0 Å². The summed E-state index contributed by atoms with van der Waals surface area (Å²) >= 11 is 0. The molecule has 18 heavy (non-hydrogen) atoms. The Hall–Kier alpha value is -1.35. The van der Waals surface area contributed by atoms with E-state index in [0.29, 0.717) is 23.7 Å². The Labute approximate surface area is 108 Å². The largest absolute Gasteiger partial charge is 0.496 e. The van der Waals surface area contributed by atoms with E-state index < -0.39 is 0 Å². The van der Waals surface area contributed by atoms with Crippen molar-refractivity contribution >= 4 is 5.78 Å². The zero-order valence-corrected chi connectivity index (χ0v) is 11.1. The van der Waals surface area contributed by atoms with Crippen LogP contribution in [-0.4, -0.2) is 26.1 Å². The first-order valence-corrected chi connectivity index (χ1v) is 6.46. The molecule has 98 valence electrons. The van der Waals surface area contributed by atoms with E-state index in [1.807, 2.05) is 25.1 Å². The van der Waals surface area contributed by atoms with Gasteiger partial charge in [0.1, 0.15) is 5.75 Å². The Balaban J connectivity index is 2.09. The van der Waals surface area contributed by atoms with Gasteiger partial charge < -0.3 is 9.47 Å². The highest BCUT2D eigenvalue weighted by Crippen LogP contribution is 2.25. The van der Waals surface area contributed by atoms with Crippen molar-refractivity contribution in [2.24, 2.45) is 5.92 Å². The molecule has 0 radical (unpaired) electrons. The van der Waals surface area contributed by atoms with Crippen molar-refractivity contribution in [1.29, 1.82) is 0 Å². The molecule has 1 aromatic rings. The van der Waals surface area contributed by atoms with Gasteiger partial charge in [-0.25, -0.2) is 0 Å². The second-order valence-electron chi connectivity index (χ2n) is 4.89.